The molecule has 4 heteroatoms. The van der Waals surface area contributed by atoms with E-state index in [0.29, 0.717) is 25.3 Å². The molecule has 0 aromatic rings. The highest BCUT2D eigenvalue weighted by molar-refractivity contribution is 5.78. The van der Waals surface area contributed by atoms with Crippen molar-refractivity contribution < 1.29 is 14.7 Å². The van der Waals surface area contributed by atoms with E-state index in [1.54, 1.807) is 0 Å². The molecule has 0 aliphatic carbocycles. The summed E-state index contributed by atoms with van der Waals surface area (Å²) in [6, 6.07) is 0.178. The molecule has 0 aromatic carbocycles. The molecule has 1 amide bonds. The molecule has 0 aromatic heterocycles. The maximum atomic E-state index is 11.8. The molecular formula is C12H19NO3. The molecule has 1 rings (SSSR count). The number of carbonyl (C=O) groups excluding carboxylic acids is 1. The predicted molar refractivity (Wildman–Crippen MR) is 61.0 cm³/mol. The SMILES string of the molecule is CC(C)[C@@H]1C=CCN1C(=O)CCCC(=O)O. The number of nitrogens with zero attached hydrogens (tertiary/aromatic N) is 1. The molecular weight excluding hydrogens is 206 g/mol. The highest BCUT2D eigenvalue weighted by atomic mass is 16.4. The molecule has 0 unspecified atom stereocenters. The summed E-state index contributed by atoms with van der Waals surface area (Å²) in [6.07, 6.45) is 4.88. The number of amides is 1. The Kier molecular flexibility index (Phi) is 4.52. The summed E-state index contributed by atoms with van der Waals surface area (Å²) in [5.41, 5.74) is 0. The van der Waals surface area contributed by atoms with Crippen LogP contribution in [0.2, 0.25) is 0 Å². The van der Waals surface area contributed by atoms with Crippen molar-refractivity contribution in [1.82, 2.24) is 4.90 Å². The molecule has 16 heavy (non-hydrogen) atoms. The second-order valence-corrected chi connectivity index (χ2v) is 4.46. The normalized spacial score (nSPS) is 19.4. The van der Waals surface area contributed by atoms with Crippen LogP contribution >= 0.6 is 0 Å². The van der Waals surface area contributed by atoms with E-state index in [4.69, 9.17) is 5.11 Å². The fraction of sp³-hybridized carbons (Fsp3) is 0.667. The van der Waals surface area contributed by atoms with Crippen LogP contribution in [-0.2, 0) is 9.59 Å². The Balaban J connectivity index is 2.39. The molecule has 0 radical (unpaired) electrons. The van der Waals surface area contributed by atoms with E-state index in [1.807, 2.05) is 11.0 Å². The van der Waals surface area contributed by atoms with Gasteiger partial charge in [-0.25, -0.2) is 0 Å². The van der Waals surface area contributed by atoms with E-state index in [1.165, 1.54) is 0 Å². The highest BCUT2D eigenvalue weighted by Gasteiger charge is 2.26. The van der Waals surface area contributed by atoms with Crippen LogP contribution in [0.4, 0.5) is 0 Å². The summed E-state index contributed by atoms with van der Waals surface area (Å²) < 4.78 is 0. The number of carboxylic acid groups (broad SMARTS) is 1. The molecule has 90 valence electrons. The third-order valence-electron chi connectivity index (χ3n) is 2.78. The Hall–Kier alpha value is -1.32. The smallest absolute Gasteiger partial charge is 0.303 e. The van der Waals surface area contributed by atoms with E-state index in [-0.39, 0.29) is 18.4 Å². The number of carbonyl (C=O) groups is 2. The monoisotopic (exact) mass is 225 g/mol. The van der Waals surface area contributed by atoms with Crippen LogP contribution in [0.5, 0.6) is 0 Å². The zero-order valence-electron chi connectivity index (χ0n) is 9.85. The molecule has 0 spiro atoms. The van der Waals surface area contributed by atoms with Crippen molar-refractivity contribution >= 4 is 11.9 Å². The maximum Gasteiger partial charge on any atom is 0.303 e. The lowest BCUT2D eigenvalue weighted by molar-refractivity contribution is -0.137. The molecule has 0 bridgehead atoms. The molecule has 1 heterocycles. The summed E-state index contributed by atoms with van der Waals surface area (Å²) in [5, 5.41) is 8.49. The second-order valence-electron chi connectivity index (χ2n) is 4.46. The van der Waals surface area contributed by atoms with E-state index < -0.39 is 5.97 Å². The fourth-order valence-electron chi connectivity index (χ4n) is 1.92. The van der Waals surface area contributed by atoms with Gasteiger partial charge in [0.25, 0.3) is 0 Å². The van der Waals surface area contributed by atoms with E-state index >= 15 is 0 Å². The molecule has 1 N–H and O–H groups in total. The van der Waals surface area contributed by atoms with Gasteiger partial charge in [0.15, 0.2) is 0 Å². The van der Waals surface area contributed by atoms with E-state index in [9.17, 15) is 9.59 Å². The molecule has 0 saturated heterocycles. The molecule has 0 fully saturated rings. The zero-order valence-corrected chi connectivity index (χ0v) is 9.85. The Morgan fingerprint density at radius 3 is 2.69 bits per heavy atom. The number of aliphatic carboxylic acids is 1. The number of rotatable bonds is 5. The minimum absolute atomic E-state index is 0.0601. The number of carboxylic acids is 1. The molecule has 1 atom stereocenters. The lowest BCUT2D eigenvalue weighted by atomic mass is 10.0. The van der Waals surface area contributed by atoms with Gasteiger partial charge in [-0.1, -0.05) is 26.0 Å². The van der Waals surface area contributed by atoms with Gasteiger partial charge in [-0.2, -0.15) is 0 Å². The lowest BCUT2D eigenvalue weighted by Gasteiger charge is -2.27. The van der Waals surface area contributed by atoms with Gasteiger partial charge in [0, 0.05) is 19.4 Å². The van der Waals surface area contributed by atoms with Crippen LogP contribution in [0.3, 0.4) is 0 Å². The van der Waals surface area contributed by atoms with Crippen molar-refractivity contribution in [3.63, 3.8) is 0 Å². The van der Waals surface area contributed by atoms with Gasteiger partial charge >= 0.3 is 5.97 Å². The lowest BCUT2D eigenvalue weighted by Crippen LogP contribution is -2.38. The maximum absolute atomic E-state index is 11.8. The van der Waals surface area contributed by atoms with Crippen LogP contribution in [0.25, 0.3) is 0 Å². The number of hydrogen-bond donors (Lipinski definition) is 1. The number of hydrogen-bond acceptors (Lipinski definition) is 2. The first-order valence-electron chi connectivity index (χ1n) is 5.70. The Bertz CT molecular complexity index is 297. The molecule has 4 nitrogen and oxygen atoms in total. The Labute approximate surface area is 95.9 Å². The summed E-state index contributed by atoms with van der Waals surface area (Å²) >= 11 is 0. The quantitative estimate of drug-likeness (QED) is 0.724. The largest absolute Gasteiger partial charge is 0.481 e. The van der Waals surface area contributed by atoms with Gasteiger partial charge in [0.05, 0.1) is 6.04 Å². The summed E-state index contributed by atoms with van der Waals surface area (Å²) in [7, 11) is 0. The average Bonchev–Trinajstić information content (AvgIpc) is 2.65. The summed E-state index contributed by atoms with van der Waals surface area (Å²) in [4.78, 5) is 24.0. The van der Waals surface area contributed by atoms with Crippen LogP contribution in [0.15, 0.2) is 12.2 Å². The van der Waals surface area contributed by atoms with Crippen molar-refractivity contribution in [3.8, 4) is 0 Å². The topological polar surface area (TPSA) is 57.6 Å². The minimum atomic E-state index is -0.840. The van der Waals surface area contributed by atoms with Crippen molar-refractivity contribution in [1.29, 1.82) is 0 Å². The average molecular weight is 225 g/mol. The van der Waals surface area contributed by atoms with Gasteiger partial charge in [0.1, 0.15) is 0 Å². The van der Waals surface area contributed by atoms with Gasteiger partial charge in [-0.05, 0) is 12.3 Å². The Morgan fingerprint density at radius 1 is 1.44 bits per heavy atom. The Morgan fingerprint density at radius 2 is 2.12 bits per heavy atom. The van der Waals surface area contributed by atoms with Gasteiger partial charge in [-0.3, -0.25) is 9.59 Å². The highest BCUT2D eigenvalue weighted by Crippen LogP contribution is 2.19. The summed E-state index contributed by atoms with van der Waals surface area (Å²) in [5.74, 6) is -0.375. The van der Waals surface area contributed by atoms with Gasteiger partial charge in [-0.15, -0.1) is 0 Å². The van der Waals surface area contributed by atoms with E-state index in [2.05, 4.69) is 19.9 Å². The standard InChI is InChI=1S/C12H19NO3/c1-9(2)10-5-4-8-13(10)11(14)6-3-7-12(15)16/h4-5,9-10H,3,6-8H2,1-2H3,(H,15,16)/t10-/m0/s1. The predicted octanol–water partition coefficient (Wildman–Crippen LogP) is 1.66. The van der Waals surface area contributed by atoms with Crippen molar-refractivity contribution in [2.45, 2.75) is 39.2 Å². The fourth-order valence-corrected chi connectivity index (χ4v) is 1.92. The molecule has 1 aliphatic heterocycles. The second kappa shape index (κ2) is 5.68. The molecule has 1 aliphatic rings. The first kappa shape index (κ1) is 12.7. The van der Waals surface area contributed by atoms with Crippen molar-refractivity contribution in [2.24, 2.45) is 5.92 Å². The van der Waals surface area contributed by atoms with Crippen molar-refractivity contribution in [3.05, 3.63) is 12.2 Å². The third-order valence-corrected chi connectivity index (χ3v) is 2.78. The van der Waals surface area contributed by atoms with Crippen LogP contribution in [0, 0.1) is 5.92 Å². The van der Waals surface area contributed by atoms with Gasteiger partial charge < -0.3 is 10.0 Å². The van der Waals surface area contributed by atoms with Crippen LogP contribution in [0.1, 0.15) is 33.1 Å². The van der Waals surface area contributed by atoms with Crippen molar-refractivity contribution in [2.75, 3.05) is 6.54 Å². The first-order valence-corrected chi connectivity index (χ1v) is 5.70. The molecule has 0 saturated carbocycles. The van der Waals surface area contributed by atoms with Crippen LogP contribution in [-0.4, -0.2) is 34.5 Å². The zero-order chi connectivity index (χ0) is 12.1. The third kappa shape index (κ3) is 3.36. The van der Waals surface area contributed by atoms with Crippen LogP contribution < -0.4 is 0 Å². The van der Waals surface area contributed by atoms with Gasteiger partial charge in [0.2, 0.25) is 5.91 Å². The summed E-state index contributed by atoms with van der Waals surface area (Å²) in [6.45, 7) is 4.82. The first-order chi connectivity index (χ1) is 7.52. The van der Waals surface area contributed by atoms with E-state index in [0.717, 1.165) is 0 Å². The minimum Gasteiger partial charge on any atom is -0.481 e.